The van der Waals surface area contributed by atoms with Crippen molar-refractivity contribution in [1.82, 2.24) is 14.8 Å². The van der Waals surface area contributed by atoms with E-state index in [-0.39, 0.29) is 18.2 Å². The second-order valence-electron chi connectivity index (χ2n) is 8.55. The van der Waals surface area contributed by atoms with E-state index < -0.39 is 0 Å². The molecule has 9 heteroatoms. The van der Waals surface area contributed by atoms with E-state index in [1.165, 1.54) is 11.3 Å². The molecule has 5 rings (SSSR count). The first-order chi connectivity index (χ1) is 17.9. The summed E-state index contributed by atoms with van der Waals surface area (Å²) < 4.78 is 7.04. The van der Waals surface area contributed by atoms with Gasteiger partial charge in [-0.1, -0.05) is 47.2 Å². The van der Waals surface area contributed by atoms with Crippen LogP contribution in [0.15, 0.2) is 66.7 Å². The number of ether oxygens (including phenoxy) is 1. The summed E-state index contributed by atoms with van der Waals surface area (Å²) in [4.78, 5) is 26.6. The van der Waals surface area contributed by atoms with Gasteiger partial charge in [-0.2, -0.15) is 0 Å². The van der Waals surface area contributed by atoms with Gasteiger partial charge in [-0.15, -0.1) is 10.2 Å². The highest BCUT2D eigenvalue weighted by Gasteiger charge is 2.22. The van der Waals surface area contributed by atoms with Crippen LogP contribution in [0, 0.1) is 13.8 Å². The van der Waals surface area contributed by atoms with E-state index in [4.69, 9.17) is 16.3 Å². The summed E-state index contributed by atoms with van der Waals surface area (Å²) in [6, 6.07) is 20.1. The minimum Gasteiger partial charge on any atom is -0.497 e. The number of nitrogens with zero attached hydrogens (tertiary/aromatic N) is 3. The zero-order valence-electron chi connectivity index (χ0n) is 20.4. The molecular weight excluding hydrogens is 508 g/mol. The molecule has 1 amide bonds. The molecule has 0 aliphatic rings. The number of aryl methyl sites for hydroxylation is 1. The van der Waals surface area contributed by atoms with Crippen molar-refractivity contribution in [1.29, 1.82) is 0 Å². The fourth-order valence-corrected chi connectivity index (χ4v) is 5.29. The predicted molar refractivity (Wildman–Crippen MR) is 147 cm³/mol. The molecule has 7 nitrogen and oxygen atoms in total. The summed E-state index contributed by atoms with van der Waals surface area (Å²) in [6.07, 6.45) is 0.0513. The van der Waals surface area contributed by atoms with Gasteiger partial charge in [0.05, 0.1) is 19.0 Å². The van der Waals surface area contributed by atoms with Crippen molar-refractivity contribution >= 4 is 50.8 Å². The molecule has 0 atom stereocenters. The maximum absolute atomic E-state index is 13.5. The van der Waals surface area contributed by atoms with Crippen LogP contribution in [0.3, 0.4) is 0 Å². The SMILES string of the molecule is COc1ccc2c(c1)c(CC(=O)Nc1nnc(-c3ccccc3C)s1)c(C)n2C(=O)c1ccc(Cl)cc1. The molecule has 0 saturated heterocycles. The first-order valence-corrected chi connectivity index (χ1v) is 12.7. The average Bonchev–Trinajstić information content (AvgIpc) is 3.46. The van der Waals surface area contributed by atoms with E-state index in [1.807, 2.05) is 50.2 Å². The Bertz CT molecular complexity index is 1640. The van der Waals surface area contributed by atoms with Crippen LogP contribution in [-0.2, 0) is 11.2 Å². The van der Waals surface area contributed by atoms with Gasteiger partial charge >= 0.3 is 0 Å². The highest BCUT2D eigenvalue weighted by Crippen LogP contribution is 2.32. The van der Waals surface area contributed by atoms with Crippen molar-refractivity contribution in [3.05, 3.63) is 94.1 Å². The summed E-state index contributed by atoms with van der Waals surface area (Å²) in [5.74, 6) is 0.177. The number of benzene rings is 3. The van der Waals surface area contributed by atoms with E-state index in [9.17, 15) is 9.59 Å². The Morgan fingerprint density at radius 3 is 2.51 bits per heavy atom. The lowest BCUT2D eigenvalue weighted by Gasteiger charge is -2.08. The third-order valence-corrected chi connectivity index (χ3v) is 7.34. The molecule has 0 aliphatic carbocycles. The fourth-order valence-electron chi connectivity index (χ4n) is 4.32. The minimum atomic E-state index is -0.253. The normalized spacial score (nSPS) is 11.0. The Balaban J connectivity index is 1.47. The Morgan fingerprint density at radius 1 is 1.03 bits per heavy atom. The van der Waals surface area contributed by atoms with E-state index in [2.05, 4.69) is 15.5 Å². The molecule has 0 saturated carbocycles. The Kier molecular flexibility index (Phi) is 6.78. The molecule has 0 radical (unpaired) electrons. The van der Waals surface area contributed by atoms with Gasteiger partial charge in [-0.25, -0.2) is 0 Å². The Hall–Kier alpha value is -4.01. The quantitative estimate of drug-likeness (QED) is 0.278. The molecule has 5 aromatic rings. The molecule has 186 valence electrons. The van der Waals surface area contributed by atoms with Crippen molar-refractivity contribution in [2.24, 2.45) is 0 Å². The molecular formula is C28H23ClN4O3S. The summed E-state index contributed by atoms with van der Waals surface area (Å²) in [5, 5.41) is 13.7. The topological polar surface area (TPSA) is 86.1 Å². The molecule has 0 fully saturated rings. The first kappa shape index (κ1) is 24.7. The van der Waals surface area contributed by atoms with E-state index in [0.29, 0.717) is 32.7 Å². The van der Waals surface area contributed by atoms with Gasteiger partial charge in [0, 0.05) is 27.2 Å². The van der Waals surface area contributed by atoms with Gasteiger partial charge in [0.15, 0.2) is 0 Å². The third kappa shape index (κ3) is 4.85. The number of anilines is 1. The van der Waals surface area contributed by atoms with Crippen molar-refractivity contribution in [3.8, 4) is 16.3 Å². The molecule has 1 N–H and O–H groups in total. The van der Waals surface area contributed by atoms with Crippen LogP contribution in [0.25, 0.3) is 21.5 Å². The van der Waals surface area contributed by atoms with Crippen LogP contribution in [-0.4, -0.2) is 33.7 Å². The second kappa shape index (κ2) is 10.2. The van der Waals surface area contributed by atoms with E-state index in [1.54, 1.807) is 42.0 Å². The number of fused-ring (bicyclic) bond motifs is 1. The van der Waals surface area contributed by atoms with Gasteiger partial charge in [0.1, 0.15) is 10.8 Å². The van der Waals surface area contributed by atoms with Crippen LogP contribution in [0.5, 0.6) is 5.75 Å². The van der Waals surface area contributed by atoms with Crippen molar-refractivity contribution in [2.75, 3.05) is 12.4 Å². The summed E-state index contributed by atoms with van der Waals surface area (Å²) in [6.45, 7) is 3.84. The number of aromatic nitrogens is 3. The molecule has 0 aliphatic heterocycles. The number of amides is 1. The zero-order valence-corrected chi connectivity index (χ0v) is 22.0. The van der Waals surface area contributed by atoms with Crippen molar-refractivity contribution in [3.63, 3.8) is 0 Å². The average molecular weight is 531 g/mol. The molecule has 0 bridgehead atoms. The zero-order chi connectivity index (χ0) is 26.1. The van der Waals surface area contributed by atoms with Crippen LogP contribution in [0.4, 0.5) is 5.13 Å². The van der Waals surface area contributed by atoms with E-state index in [0.717, 1.165) is 27.1 Å². The summed E-state index contributed by atoms with van der Waals surface area (Å²) >= 11 is 7.33. The summed E-state index contributed by atoms with van der Waals surface area (Å²) in [5.41, 5.74) is 4.66. The number of carbonyl (C=O) groups excluding carboxylic acids is 2. The summed E-state index contributed by atoms with van der Waals surface area (Å²) in [7, 11) is 1.58. The van der Waals surface area contributed by atoms with Crippen LogP contribution in [0.2, 0.25) is 5.02 Å². The van der Waals surface area contributed by atoms with E-state index >= 15 is 0 Å². The Labute approximate surface area is 222 Å². The first-order valence-electron chi connectivity index (χ1n) is 11.5. The molecule has 0 spiro atoms. The maximum Gasteiger partial charge on any atom is 0.262 e. The number of carbonyl (C=O) groups is 2. The number of rotatable bonds is 6. The standard InChI is InChI=1S/C28H23ClN4O3S/c1-16-6-4-5-7-21(16)26-31-32-28(37-26)30-25(34)15-22-17(2)33(24-13-12-20(36-3)14-23(22)24)27(35)18-8-10-19(29)11-9-18/h4-14H,15H2,1-3H3,(H,30,32,34). The molecule has 3 aromatic carbocycles. The predicted octanol–water partition coefficient (Wildman–Crippen LogP) is 6.31. The number of hydrogen-bond acceptors (Lipinski definition) is 6. The highest BCUT2D eigenvalue weighted by atomic mass is 35.5. The smallest absolute Gasteiger partial charge is 0.262 e. The largest absolute Gasteiger partial charge is 0.497 e. The lowest BCUT2D eigenvalue weighted by atomic mass is 10.1. The van der Waals surface area contributed by atoms with Crippen LogP contribution in [0.1, 0.15) is 27.2 Å². The number of hydrogen-bond donors (Lipinski definition) is 1. The maximum atomic E-state index is 13.5. The number of halogens is 1. The fraction of sp³-hybridized carbons (Fsp3) is 0.143. The Morgan fingerprint density at radius 2 is 1.78 bits per heavy atom. The highest BCUT2D eigenvalue weighted by molar-refractivity contribution is 7.18. The molecule has 0 unspecified atom stereocenters. The van der Waals surface area contributed by atoms with Crippen molar-refractivity contribution < 1.29 is 14.3 Å². The third-order valence-electron chi connectivity index (χ3n) is 6.22. The van der Waals surface area contributed by atoms with Gasteiger partial charge in [0.25, 0.3) is 5.91 Å². The lowest BCUT2D eigenvalue weighted by molar-refractivity contribution is -0.115. The number of nitrogens with one attached hydrogen (secondary N) is 1. The van der Waals surface area contributed by atoms with Gasteiger partial charge in [-0.3, -0.25) is 14.2 Å². The minimum absolute atomic E-state index is 0.0513. The molecule has 2 heterocycles. The molecule has 37 heavy (non-hydrogen) atoms. The van der Waals surface area contributed by atoms with Crippen molar-refractivity contribution in [2.45, 2.75) is 20.3 Å². The molecule has 2 aromatic heterocycles. The monoisotopic (exact) mass is 530 g/mol. The van der Waals surface area contributed by atoms with Gasteiger partial charge in [0.2, 0.25) is 11.0 Å². The lowest BCUT2D eigenvalue weighted by Crippen LogP contribution is -2.16. The van der Waals surface area contributed by atoms with Gasteiger partial charge in [-0.05, 0) is 67.4 Å². The van der Waals surface area contributed by atoms with Crippen LogP contribution >= 0.6 is 22.9 Å². The van der Waals surface area contributed by atoms with Crippen LogP contribution < -0.4 is 10.1 Å². The second-order valence-corrected chi connectivity index (χ2v) is 9.96. The number of methoxy groups -OCH3 is 1. The van der Waals surface area contributed by atoms with Gasteiger partial charge < -0.3 is 10.1 Å².